The second kappa shape index (κ2) is 11.7. The van der Waals surface area contributed by atoms with Gasteiger partial charge in [0.2, 0.25) is 5.91 Å². The first-order valence-corrected chi connectivity index (χ1v) is 11.9. The van der Waals surface area contributed by atoms with Crippen molar-refractivity contribution in [1.29, 1.82) is 0 Å². The fourth-order valence-corrected chi connectivity index (χ4v) is 4.66. The maximum Gasteiger partial charge on any atom is 0.407 e. The quantitative estimate of drug-likeness (QED) is 0.450. The number of benzene rings is 2. The first-order valence-electron chi connectivity index (χ1n) is 11.9. The van der Waals surface area contributed by atoms with Crippen LogP contribution in [0.1, 0.15) is 57.1 Å². The van der Waals surface area contributed by atoms with E-state index < -0.39 is 18.1 Å². The highest BCUT2D eigenvalue weighted by molar-refractivity contribution is 5.85. The van der Waals surface area contributed by atoms with Crippen LogP contribution in [0.3, 0.4) is 0 Å². The third-order valence-corrected chi connectivity index (χ3v) is 6.19. The second-order valence-electron chi connectivity index (χ2n) is 9.27. The molecule has 3 rings (SSSR count). The summed E-state index contributed by atoms with van der Waals surface area (Å²) in [6.45, 7) is 6.27. The molecule has 7 nitrogen and oxygen atoms in total. The smallest absolute Gasteiger partial charge is 0.407 e. The Kier molecular flexibility index (Phi) is 8.68. The van der Waals surface area contributed by atoms with Crippen molar-refractivity contribution >= 4 is 18.0 Å². The fraction of sp³-hybridized carbons (Fsp3) is 0.444. The average molecular weight is 467 g/mol. The minimum atomic E-state index is -0.885. The van der Waals surface area contributed by atoms with Crippen molar-refractivity contribution in [1.82, 2.24) is 10.6 Å². The summed E-state index contributed by atoms with van der Waals surface area (Å²) in [6.07, 6.45) is 0.440. The molecule has 2 aromatic rings. The molecule has 1 aliphatic rings. The number of hydrogen-bond donors (Lipinski definition) is 3. The Bertz CT molecular complexity index is 974. The Morgan fingerprint density at radius 3 is 2.12 bits per heavy atom. The summed E-state index contributed by atoms with van der Waals surface area (Å²) in [5.74, 6) is -1.12. The molecule has 2 amide bonds. The third kappa shape index (κ3) is 6.37. The van der Waals surface area contributed by atoms with Crippen LogP contribution in [-0.2, 0) is 14.3 Å². The highest BCUT2D eigenvalue weighted by Gasteiger charge is 2.29. The monoisotopic (exact) mass is 466 g/mol. The molecule has 0 saturated carbocycles. The summed E-state index contributed by atoms with van der Waals surface area (Å²) in [6, 6.07) is 15.4. The molecule has 0 spiro atoms. The van der Waals surface area contributed by atoms with Gasteiger partial charge in [0.15, 0.2) is 0 Å². The van der Waals surface area contributed by atoms with Crippen molar-refractivity contribution in [2.75, 3.05) is 13.2 Å². The molecule has 0 aromatic heterocycles. The summed E-state index contributed by atoms with van der Waals surface area (Å²) in [7, 11) is 0. The van der Waals surface area contributed by atoms with Gasteiger partial charge in [-0.25, -0.2) is 4.79 Å². The topological polar surface area (TPSA) is 105 Å². The lowest BCUT2D eigenvalue weighted by molar-refractivity contribution is -0.138. The van der Waals surface area contributed by atoms with Crippen LogP contribution in [0, 0.1) is 11.8 Å². The molecule has 0 bridgehead atoms. The van der Waals surface area contributed by atoms with E-state index in [-0.39, 0.29) is 37.3 Å². The molecule has 3 N–H and O–H groups in total. The van der Waals surface area contributed by atoms with Crippen LogP contribution in [0.15, 0.2) is 48.5 Å². The summed E-state index contributed by atoms with van der Waals surface area (Å²) in [4.78, 5) is 36.3. The van der Waals surface area contributed by atoms with Gasteiger partial charge in [0, 0.05) is 18.9 Å². The van der Waals surface area contributed by atoms with Crippen molar-refractivity contribution in [3.8, 4) is 11.1 Å². The maximum atomic E-state index is 12.6. The molecule has 34 heavy (non-hydrogen) atoms. The van der Waals surface area contributed by atoms with Crippen LogP contribution < -0.4 is 10.6 Å². The Labute approximate surface area is 200 Å². The predicted molar refractivity (Wildman–Crippen MR) is 130 cm³/mol. The van der Waals surface area contributed by atoms with Crippen LogP contribution in [0.5, 0.6) is 0 Å². The molecule has 182 valence electrons. The van der Waals surface area contributed by atoms with E-state index in [1.807, 2.05) is 50.2 Å². The molecule has 0 aliphatic heterocycles. The molecule has 0 heterocycles. The number of alkyl carbamates (subject to hydrolysis) is 1. The molecule has 2 atom stereocenters. The first-order chi connectivity index (χ1) is 16.3. The Morgan fingerprint density at radius 2 is 1.59 bits per heavy atom. The number of fused-ring (bicyclic) bond motifs is 3. The fourth-order valence-electron chi connectivity index (χ4n) is 4.66. The second-order valence-corrected chi connectivity index (χ2v) is 9.27. The van der Waals surface area contributed by atoms with E-state index in [1.165, 1.54) is 0 Å². The number of rotatable bonds is 11. The minimum Gasteiger partial charge on any atom is -0.481 e. The normalized spacial score (nSPS) is 14.1. The van der Waals surface area contributed by atoms with E-state index in [2.05, 4.69) is 22.8 Å². The van der Waals surface area contributed by atoms with Gasteiger partial charge in [-0.15, -0.1) is 0 Å². The standard InChI is InChI=1S/C27H34N2O5/c1-4-24(26(32)28-15-18(13-17(2)3)14-25(30)31)29-27(33)34-16-23-21-11-7-5-9-19(21)20-10-6-8-12-22(20)23/h5-12,17-18,23-24H,4,13-16H2,1-3H3,(H,28,32)(H,29,33)(H,30,31)/t18-,24+/m0/s1. The molecule has 0 unspecified atom stereocenters. The number of hydrogen-bond acceptors (Lipinski definition) is 4. The van der Waals surface area contributed by atoms with Crippen molar-refractivity contribution in [3.05, 3.63) is 59.7 Å². The van der Waals surface area contributed by atoms with Gasteiger partial charge < -0.3 is 20.5 Å². The number of carboxylic acid groups (broad SMARTS) is 1. The summed E-state index contributed by atoms with van der Waals surface area (Å²) in [5, 5.41) is 14.6. The summed E-state index contributed by atoms with van der Waals surface area (Å²) >= 11 is 0. The van der Waals surface area contributed by atoms with Crippen molar-refractivity contribution in [2.24, 2.45) is 11.8 Å². The number of carboxylic acids is 1. The van der Waals surface area contributed by atoms with E-state index in [4.69, 9.17) is 9.84 Å². The van der Waals surface area contributed by atoms with Gasteiger partial charge in [-0.1, -0.05) is 69.3 Å². The van der Waals surface area contributed by atoms with E-state index in [0.29, 0.717) is 18.8 Å². The van der Waals surface area contributed by atoms with Gasteiger partial charge in [0.05, 0.1) is 0 Å². The van der Waals surface area contributed by atoms with E-state index in [0.717, 1.165) is 22.3 Å². The van der Waals surface area contributed by atoms with Crippen LogP contribution in [0.25, 0.3) is 11.1 Å². The minimum absolute atomic E-state index is 0.00490. The Hall–Kier alpha value is -3.35. The lowest BCUT2D eigenvalue weighted by atomic mass is 9.94. The van der Waals surface area contributed by atoms with Gasteiger partial charge in [0.25, 0.3) is 0 Å². The lowest BCUT2D eigenvalue weighted by Gasteiger charge is -2.21. The third-order valence-electron chi connectivity index (χ3n) is 6.19. The van der Waals surface area contributed by atoms with Crippen molar-refractivity contribution in [3.63, 3.8) is 0 Å². The predicted octanol–water partition coefficient (Wildman–Crippen LogP) is 4.56. The highest BCUT2D eigenvalue weighted by Crippen LogP contribution is 2.44. The van der Waals surface area contributed by atoms with Gasteiger partial charge >= 0.3 is 12.1 Å². The largest absolute Gasteiger partial charge is 0.481 e. The van der Waals surface area contributed by atoms with Crippen LogP contribution in [0.4, 0.5) is 4.79 Å². The van der Waals surface area contributed by atoms with E-state index >= 15 is 0 Å². The highest BCUT2D eigenvalue weighted by atomic mass is 16.5. The molecule has 0 fully saturated rings. The van der Waals surface area contributed by atoms with Crippen LogP contribution in [-0.4, -0.2) is 42.3 Å². The number of amides is 2. The average Bonchev–Trinajstić information content (AvgIpc) is 3.12. The zero-order valence-corrected chi connectivity index (χ0v) is 20.0. The number of aliphatic carboxylic acids is 1. The maximum absolute atomic E-state index is 12.6. The first kappa shape index (κ1) is 25.3. The molecular formula is C27H34N2O5. The van der Waals surface area contributed by atoms with Gasteiger partial charge in [-0.3, -0.25) is 9.59 Å². The number of nitrogens with one attached hydrogen (secondary N) is 2. The molecule has 7 heteroatoms. The van der Waals surface area contributed by atoms with Crippen molar-refractivity contribution < 1.29 is 24.2 Å². The molecule has 0 saturated heterocycles. The zero-order valence-electron chi connectivity index (χ0n) is 20.0. The summed E-state index contributed by atoms with van der Waals surface area (Å²) < 4.78 is 5.55. The van der Waals surface area contributed by atoms with Gasteiger partial charge in [0.1, 0.15) is 12.6 Å². The SMILES string of the molecule is CC[C@@H](NC(=O)OCC1c2ccccc2-c2ccccc21)C(=O)NC[C@H](CC(=O)O)CC(C)C. The molecular weight excluding hydrogens is 432 g/mol. The zero-order chi connectivity index (χ0) is 24.7. The Balaban J connectivity index is 1.55. The Morgan fingerprint density at radius 1 is 1.00 bits per heavy atom. The molecule has 1 aliphatic carbocycles. The van der Waals surface area contributed by atoms with E-state index in [9.17, 15) is 14.4 Å². The van der Waals surface area contributed by atoms with Crippen LogP contribution in [0.2, 0.25) is 0 Å². The van der Waals surface area contributed by atoms with Gasteiger partial charge in [-0.2, -0.15) is 0 Å². The molecule has 2 aromatic carbocycles. The van der Waals surface area contributed by atoms with Crippen LogP contribution >= 0.6 is 0 Å². The summed E-state index contributed by atoms with van der Waals surface area (Å²) in [5.41, 5.74) is 4.54. The van der Waals surface area contributed by atoms with Gasteiger partial charge in [-0.05, 0) is 46.9 Å². The number of carbonyl (C=O) groups is 3. The number of ether oxygens (including phenoxy) is 1. The molecule has 0 radical (unpaired) electrons. The van der Waals surface area contributed by atoms with E-state index in [1.54, 1.807) is 6.92 Å². The van der Waals surface area contributed by atoms with Crippen molar-refractivity contribution in [2.45, 2.75) is 52.0 Å². The lowest BCUT2D eigenvalue weighted by Crippen LogP contribution is -2.47. The number of carbonyl (C=O) groups excluding carboxylic acids is 2.